The Hall–Kier alpha value is -3.86. The van der Waals surface area contributed by atoms with Crippen LogP contribution in [-0.4, -0.2) is 30.9 Å². The van der Waals surface area contributed by atoms with Crippen molar-refractivity contribution in [2.24, 2.45) is 10.8 Å². The number of ketones is 2. The van der Waals surface area contributed by atoms with Crippen molar-refractivity contribution in [3.05, 3.63) is 142 Å². The molecule has 60 heavy (non-hydrogen) atoms. The molecule has 0 bridgehead atoms. The summed E-state index contributed by atoms with van der Waals surface area (Å²) in [7, 11) is -6.00. The molecule has 2 atom stereocenters. The van der Waals surface area contributed by atoms with Crippen LogP contribution in [-0.2, 0) is 37.8 Å². The maximum absolute atomic E-state index is 14.5. The fraction of sp³-hybridized carbons (Fsp3) is 0.480. The van der Waals surface area contributed by atoms with Crippen LogP contribution in [0.3, 0.4) is 0 Å². The molecule has 3 aliphatic carbocycles. The van der Waals surface area contributed by atoms with E-state index in [1.54, 1.807) is 0 Å². The predicted molar refractivity (Wildman–Crippen MR) is 237 cm³/mol. The molecule has 0 saturated heterocycles. The summed E-state index contributed by atoms with van der Waals surface area (Å²) in [5.74, 6) is 0.206. The molecule has 2 aromatic carbocycles. The molecule has 2 N–H and O–H groups in total. The molecule has 0 amide bonds. The number of nitrogens with one attached hydrogen (secondary N) is 2. The Balaban J connectivity index is 0.00000151. The zero-order valence-corrected chi connectivity index (χ0v) is 38.6. The number of Topliss-reactive ketones (excluding diaryl/α,β-unsaturated/α-hetero) is 2. The van der Waals surface area contributed by atoms with Crippen molar-refractivity contribution in [1.29, 1.82) is 0 Å². The van der Waals surface area contributed by atoms with Crippen LogP contribution in [0.1, 0.15) is 132 Å². The van der Waals surface area contributed by atoms with Crippen LogP contribution in [0.15, 0.2) is 131 Å². The molecule has 326 valence electrons. The number of hydrogen-bond donors (Lipinski definition) is 2. The average Bonchev–Trinajstić information content (AvgIpc) is 3.19. The van der Waals surface area contributed by atoms with Crippen LogP contribution in [0.5, 0.6) is 0 Å². The Bertz CT molecular complexity index is 1830. The summed E-state index contributed by atoms with van der Waals surface area (Å²) < 4.78 is 39.0. The first-order valence-electron chi connectivity index (χ1n) is 21.5. The largest absolute Gasteiger partial charge is 0.673 e. The molecule has 0 unspecified atom stereocenters. The second kappa shape index (κ2) is 20.8. The fourth-order valence-corrected chi connectivity index (χ4v) is 8.92. The summed E-state index contributed by atoms with van der Waals surface area (Å²) in [6, 6.07) is 21.3. The van der Waals surface area contributed by atoms with E-state index in [1.165, 1.54) is 22.3 Å². The molecule has 2 aromatic rings. The molecule has 3 aliphatic rings. The first-order valence-corrected chi connectivity index (χ1v) is 21.5. The van der Waals surface area contributed by atoms with Gasteiger partial charge in [-0.25, -0.2) is 0 Å². The predicted octanol–water partition coefficient (Wildman–Crippen LogP) is 13.0. The van der Waals surface area contributed by atoms with Crippen molar-refractivity contribution in [2.45, 2.75) is 144 Å². The number of carbonyl (C=O) groups excluding carboxylic acids is 2. The van der Waals surface area contributed by atoms with E-state index >= 15 is 0 Å². The zero-order valence-electron chi connectivity index (χ0n) is 37.4. The minimum Gasteiger partial charge on any atom is -0.418 e. The number of rotatable bonds is 12. The van der Waals surface area contributed by atoms with Crippen molar-refractivity contribution >= 4 is 18.8 Å². The van der Waals surface area contributed by atoms with E-state index in [1.807, 2.05) is 24.5 Å². The van der Waals surface area contributed by atoms with E-state index in [2.05, 4.69) is 153 Å². The van der Waals surface area contributed by atoms with Crippen molar-refractivity contribution in [3.8, 4) is 0 Å². The molecule has 10 heteroatoms. The Morgan fingerprint density at radius 3 is 1.13 bits per heavy atom. The molecule has 4 nitrogen and oxygen atoms in total. The van der Waals surface area contributed by atoms with Crippen LogP contribution in [0.2, 0.25) is 0 Å². The van der Waals surface area contributed by atoms with E-state index in [4.69, 9.17) is 0 Å². The van der Waals surface area contributed by atoms with Gasteiger partial charge in [-0.2, -0.15) is 0 Å². The van der Waals surface area contributed by atoms with Gasteiger partial charge in [-0.05, 0) is 83.8 Å². The van der Waals surface area contributed by atoms with Gasteiger partial charge in [-0.3, -0.25) is 9.59 Å². The summed E-state index contributed by atoms with van der Waals surface area (Å²) in [5.41, 5.74) is 6.95. The number of hydrogen-bond acceptors (Lipinski definition) is 4. The minimum atomic E-state index is -6.00. The summed E-state index contributed by atoms with van der Waals surface area (Å²) >= 11 is 0. The Morgan fingerprint density at radius 2 is 0.867 bits per heavy atom. The van der Waals surface area contributed by atoms with Crippen molar-refractivity contribution in [1.82, 2.24) is 10.6 Å². The Morgan fingerprint density at radius 1 is 0.567 bits per heavy atom. The maximum Gasteiger partial charge on any atom is 0.673 e. The van der Waals surface area contributed by atoms with Crippen LogP contribution < -0.4 is 10.6 Å². The van der Waals surface area contributed by atoms with Crippen molar-refractivity contribution in [2.75, 3.05) is 0 Å². The monoisotopic (exact) mass is 865 g/mol. The zero-order chi connectivity index (χ0) is 43.8. The molecule has 0 aromatic heterocycles. The minimum absolute atomic E-state index is 0. The van der Waals surface area contributed by atoms with Crippen molar-refractivity contribution in [3.63, 3.8) is 0 Å². The summed E-state index contributed by atoms with van der Waals surface area (Å²) in [6.07, 6.45) is 20.1. The van der Waals surface area contributed by atoms with Crippen LogP contribution in [0.4, 0.5) is 17.3 Å². The second-order valence-corrected chi connectivity index (χ2v) is 18.3. The number of benzene rings is 2. The third-order valence-corrected chi connectivity index (χ3v) is 12.7. The van der Waals surface area contributed by atoms with Crippen LogP contribution in [0, 0.1) is 10.8 Å². The first-order chi connectivity index (χ1) is 27.6. The molecular formula is C50H66BCrF4N2O2-. The maximum atomic E-state index is 14.5. The Labute approximate surface area is 368 Å². The van der Waals surface area contributed by atoms with Crippen LogP contribution in [0.25, 0.3) is 0 Å². The van der Waals surface area contributed by atoms with Gasteiger partial charge in [-0.1, -0.05) is 155 Å². The smallest absolute Gasteiger partial charge is 0.418 e. The van der Waals surface area contributed by atoms with E-state index in [0.29, 0.717) is 11.1 Å². The van der Waals surface area contributed by atoms with Crippen molar-refractivity contribution < 1.29 is 44.2 Å². The summed E-state index contributed by atoms with van der Waals surface area (Å²) in [5, 5.41) is 7.48. The quantitative estimate of drug-likeness (QED) is 0.127. The standard InChI is InChI=1S/C50H66N2O2.BF4.Cr/c1-11-49(12-2,37-23-17-15-18-24-37)41-31-39(47(5,6)7)29-35(45(41)53)33-51-43-27-21-22-28-44(43)52-34-36-30-40(48(8,9)10)32-42(46(36)54)50(13-3,14-4)38-25-19-16-20-26-38;2-1(3,4)5;/h15-20,23-26,29-34,43-44,51-52H,11-14,21-22,27-28H2,1-10H3;;/q;-1;/b35-33-,36-34-;;/t43-,44-;;/m1../s1. The Kier molecular flexibility index (Phi) is 17.5. The molecule has 0 spiro atoms. The average molecular weight is 866 g/mol. The van der Waals surface area contributed by atoms with E-state index < -0.39 is 7.25 Å². The van der Waals surface area contributed by atoms with Gasteiger partial charge in [-0.15, -0.1) is 0 Å². The van der Waals surface area contributed by atoms with Gasteiger partial charge in [0.05, 0.1) is 0 Å². The number of allylic oxidation sites excluding steroid dienone is 10. The fourth-order valence-electron chi connectivity index (χ4n) is 8.92. The normalized spacial score (nSPS) is 20.6. The van der Waals surface area contributed by atoms with E-state index in [9.17, 15) is 26.9 Å². The molecule has 0 aliphatic heterocycles. The second-order valence-electron chi connectivity index (χ2n) is 18.3. The van der Waals surface area contributed by atoms with Gasteiger partial charge in [0.25, 0.3) is 0 Å². The molecule has 0 radical (unpaired) electrons. The molecule has 1 saturated carbocycles. The van der Waals surface area contributed by atoms with Gasteiger partial charge >= 0.3 is 7.25 Å². The first kappa shape index (κ1) is 50.5. The summed E-state index contributed by atoms with van der Waals surface area (Å²) in [4.78, 5) is 29.1. The molecule has 1 fully saturated rings. The third kappa shape index (κ3) is 11.9. The molecular weight excluding hydrogens is 799 g/mol. The van der Waals surface area contributed by atoms with Gasteiger partial charge in [0, 0.05) is 75.0 Å². The number of halogens is 4. The van der Waals surface area contributed by atoms with Crippen LogP contribution >= 0.6 is 0 Å². The van der Waals surface area contributed by atoms with E-state index in [-0.39, 0.29) is 62.7 Å². The SMILES string of the molecule is CCC(CC)(C1=CC(C(C)(C)C)=C/C(=C/N[C@@H]2CCCC[C@H]2N/C=C2/C=C(C(C)(C)C)C=C(C(CC)(CC)c3ccccc3)C2=O)C1=O)c1ccccc1.F[B-](F)(F)F.[Cr]. The molecule has 0 heterocycles. The van der Waals surface area contributed by atoms with Gasteiger partial charge < -0.3 is 27.9 Å². The van der Waals surface area contributed by atoms with Gasteiger partial charge in [0.2, 0.25) is 0 Å². The van der Waals surface area contributed by atoms with E-state index in [0.717, 1.165) is 62.5 Å². The third-order valence-electron chi connectivity index (χ3n) is 12.7. The topological polar surface area (TPSA) is 58.2 Å². The summed E-state index contributed by atoms with van der Waals surface area (Å²) in [6.45, 7) is 22.2. The number of carbonyl (C=O) groups is 2. The van der Waals surface area contributed by atoms with Gasteiger partial charge in [0.15, 0.2) is 11.6 Å². The van der Waals surface area contributed by atoms with Gasteiger partial charge in [0.1, 0.15) is 0 Å². The molecule has 5 rings (SSSR count).